The lowest BCUT2D eigenvalue weighted by atomic mass is 10.2. The van der Waals surface area contributed by atoms with Gasteiger partial charge < -0.3 is 15.1 Å². The lowest BCUT2D eigenvalue weighted by Gasteiger charge is -2.24. The van der Waals surface area contributed by atoms with Crippen LogP contribution in [0.15, 0.2) is 24.3 Å². The van der Waals surface area contributed by atoms with E-state index in [9.17, 15) is 4.79 Å². The Morgan fingerprint density at radius 3 is 2.95 bits per heavy atom. The number of amides is 2. The summed E-state index contributed by atoms with van der Waals surface area (Å²) in [4.78, 5) is 16.5. The minimum Gasteiger partial charge on any atom is -0.372 e. The van der Waals surface area contributed by atoms with Crippen LogP contribution in [-0.4, -0.2) is 49.1 Å². The molecule has 5 heteroatoms. The van der Waals surface area contributed by atoms with Crippen molar-refractivity contribution < 1.29 is 4.79 Å². The average molecular weight is 321 g/mol. The highest BCUT2D eigenvalue weighted by Gasteiger charge is 2.25. The summed E-state index contributed by atoms with van der Waals surface area (Å²) < 4.78 is 0. The van der Waals surface area contributed by atoms with E-state index in [4.69, 9.17) is 0 Å². The molecule has 4 nitrogen and oxygen atoms in total. The van der Waals surface area contributed by atoms with E-state index >= 15 is 0 Å². The van der Waals surface area contributed by atoms with Gasteiger partial charge in [0.2, 0.25) is 0 Å². The molecule has 1 atom stereocenters. The molecule has 0 bridgehead atoms. The monoisotopic (exact) mass is 321 g/mol. The maximum Gasteiger partial charge on any atom is 0.321 e. The summed E-state index contributed by atoms with van der Waals surface area (Å²) in [5.41, 5.74) is 1.98. The van der Waals surface area contributed by atoms with Gasteiger partial charge in [0.25, 0.3) is 0 Å². The molecule has 1 aliphatic rings. The second kappa shape index (κ2) is 7.77. The van der Waals surface area contributed by atoms with Crippen LogP contribution < -0.4 is 10.2 Å². The number of rotatable bonds is 5. The van der Waals surface area contributed by atoms with Crippen molar-refractivity contribution in [2.45, 2.75) is 26.3 Å². The van der Waals surface area contributed by atoms with E-state index in [0.717, 1.165) is 36.6 Å². The molecule has 1 N–H and O–H groups in total. The van der Waals surface area contributed by atoms with E-state index in [1.165, 1.54) is 0 Å². The Kier molecular flexibility index (Phi) is 6.00. The van der Waals surface area contributed by atoms with Crippen LogP contribution in [0.1, 0.15) is 20.3 Å². The SMILES string of the molecule is CSCC1CCN(C(=O)Nc2cccc(N(C)C(C)C)c2)C1. The molecular formula is C17H27N3OS. The van der Waals surface area contributed by atoms with Crippen molar-refractivity contribution in [3.63, 3.8) is 0 Å². The molecule has 1 saturated heterocycles. The summed E-state index contributed by atoms with van der Waals surface area (Å²) in [5.74, 6) is 1.78. The van der Waals surface area contributed by atoms with Gasteiger partial charge in [-0.2, -0.15) is 11.8 Å². The Balaban J connectivity index is 1.96. The molecule has 1 aromatic rings. The summed E-state index contributed by atoms with van der Waals surface area (Å²) in [5, 5.41) is 3.03. The fourth-order valence-corrected chi connectivity index (χ4v) is 3.44. The molecule has 0 aromatic heterocycles. The van der Waals surface area contributed by atoms with Gasteiger partial charge in [0.15, 0.2) is 0 Å². The molecule has 1 aliphatic heterocycles. The number of anilines is 2. The summed E-state index contributed by atoms with van der Waals surface area (Å²) in [7, 11) is 2.07. The quantitative estimate of drug-likeness (QED) is 0.897. The number of hydrogen-bond acceptors (Lipinski definition) is 3. The molecule has 0 radical (unpaired) electrons. The topological polar surface area (TPSA) is 35.6 Å². The first-order valence-electron chi connectivity index (χ1n) is 7.89. The van der Waals surface area contributed by atoms with Crippen molar-refractivity contribution in [3.05, 3.63) is 24.3 Å². The molecule has 0 spiro atoms. The van der Waals surface area contributed by atoms with Crippen LogP contribution in [0.5, 0.6) is 0 Å². The maximum atomic E-state index is 12.4. The normalized spacial score (nSPS) is 17.9. The van der Waals surface area contributed by atoms with Gasteiger partial charge in [0.1, 0.15) is 0 Å². The van der Waals surface area contributed by atoms with Crippen molar-refractivity contribution in [2.75, 3.05) is 42.4 Å². The van der Waals surface area contributed by atoms with Gasteiger partial charge in [0, 0.05) is 37.6 Å². The van der Waals surface area contributed by atoms with E-state index < -0.39 is 0 Å². The number of carbonyl (C=O) groups is 1. The highest BCUT2D eigenvalue weighted by atomic mass is 32.2. The van der Waals surface area contributed by atoms with E-state index in [2.05, 4.69) is 43.4 Å². The second-order valence-electron chi connectivity index (χ2n) is 6.24. The highest BCUT2D eigenvalue weighted by Crippen LogP contribution is 2.23. The van der Waals surface area contributed by atoms with Crippen molar-refractivity contribution in [3.8, 4) is 0 Å². The predicted octanol–water partition coefficient (Wildman–Crippen LogP) is 3.75. The third-order valence-corrected chi connectivity index (χ3v) is 5.06. The van der Waals surface area contributed by atoms with Crippen LogP contribution in [0.4, 0.5) is 16.2 Å². The zero-order valence-electron chi connectivity index (χ0n) is 14.0. The fourth-order valence-electron chi connectivity index (χ4n) is 2.69. The van der Waals surface area contributed by atoms with Gasteiger partial charge >= 0.3 is 6.03 Å². The zero-order chi connectivity index (χ0) is 16.1. The van der Waals surface area contributed by atoms with Crippen LogP contribution in [0.25, 0.3) is 0 Å². The average Bonchev–Trinajstić information content (AvgIpc) is 2.96. The molecule has 1 unspecified atom stereocenters. The lowest BCUT2D eigenvalue weighted by Crippen LogP contribution is -2.33. The molecule has 2 amide bonds. The second-order valence-corrected chi connectivity index (χ2v) is 7.15. The largest absolute Gasteiger partial charge is 0.372 e. The summed E-state index contributed by atoms with van der Waals surface area (Å²) >= 11 is 1.86. The van der Waals surface area contributed by atoms with Crippen LogP contribution in [-0.2, 0) is 0 Å². The summed E-state index contributed by atoms with van der Waals surface area (Å²) in [6, 6.07) is 8.49. The van der Waals surface area contributed by atoms with Crippen LogP contribution >= 0.6 is 11.8 Å². The minimum atomic E-state index is 0.0213. The van der Waals surface area contributed by atoms with Crippen molar-refractivity contribution in [2.24, 2.45) is 5.92 Å². The molecule has 1 fully saturated rings. The first-order valence-corrected chi connectivity index (χ1v) is 9.28. The molecule has 0 aliphatic carbocycles. The fraction of sp³-hybridized carbons (Fsp3) is 0.588. The Bertz CT molecular complexity index is 506. The van der Waals surface area contributed by atoms with Gasteiger partial charge in [-0.05, 0) is 56.4 Å². The zero-order valence-corrected chi connectivity index (χ0v) is 14.8. The third-order valence-electron chi connectivity index (χ3n) is 4.25. The van der Waals surface area contributed by atoms with Gasteiger partial charge in [0.05, 0.1) is 0 Å². The van der Waals surface area contributed by atoms with E-state index in [-0.39, 0.29) is 6.03 Å². The Labute approximate surface area is 138 Å². The van der Waals surface area contributed by atoms with Gasteiger partial charge in [-0.3, -0.25) is 0 Å². The van der Waals surface area contributed by atoms with E-state index in [0.29, 0.717) is 12.0 Å². The first kappa shape index (κ1) is 17.0. The molecule has 1 aromatic carbocycles. The number of nitrogens with one attached hydrogen (secondary N) is 1. The first-order chi connectivity index (χ1) is 10.5. The van der Waals surface area contributed by atoms with Crippen LogP contribution in [0.2, 0.25) is 0 Å². The predicted molar refractivity (Wildman–Crippen MR) is 97.1 cm³/mol. The summed E-state index contributed by atoms with van der Waals surface area (Å²) in [6.45, 7) is 6.05. The molecule has 122 valence electrons. The lowest BCUT2D eigenvalue weighted by molar-refractivity contribution is 0.221. The van der Waals surface area contributed by atoms with Crippen molar-refractivity contribution in [1.29, 1.82) is 0 Å². The maximum absolute atomic E-state index is 12.4. The number of carbonyl (C=O) groups excluding carboxylic acids is 1. The van der Waals surface area contributed by atoms with Crippen molar-refractivity contribution >= 4 is 29.2 Å². The molecule has 0 saturated carbocycles. The number of benzene rings is 1. The van der Waals surface area contributed by atoms with Gasteiger partial charge in [-0.1, -0.05) is 6.07 Å². The third kappa shape index (κ3) is 4.32. The number of nitrogens with zero attached hydrogens (tertiary/aromatic N) is 2. The number of likely N-dealkylation sites (tertiary alicyclic amines) is 1. The highest BCUT2D eigenvalue weighted by molar-refractivity contribution is 7.98. The number of thioether (sulfide) groups is 1. The number of urea groups is 1. The van der Waals surface area contributed by atoms with Crippen LogP contribution in [0, 0.1) is 5.92 Å². The smallest absolute Gasteiger partial charge is 0.321 e. The van der Waals surface area contributed by atoms with Crippen molar-refractivity contribution in [1.82, 2.24) is 4.90 Å². The molecule has 2 rings (SSSR count). The Morgan fingerprint density at radius 1 is 1.50 bits per heavy atom. The van der Waals surface area contributed by atoms with Gasteiger partial charge in [-0.25, -0.2) is 4.79 Å². The molecular weight excluding hydrogens is 294 g/mol. The molecule has 22 heavy (non-hydrogen) atoms. The number of hydrogen-bond donors (Lipinski definition) is 1. The Morgan fingerprint density at radius 2 is 2.27 bits per heavy atom. The van der Waals surface area contributed by atoms with E-state index in [1.807, 2.05) is 34.9 Å². The van der Waals surface area contributed by atoms with Crippen LogP contribution in [0.3, 0.4) is 0 Å². The summed E-state index contributed by atoms with van der Waals surface area (Å²) in [6.07, 6.45) is 3.24. The van der Waals surface area contributed by atoms with Gasteiger partial charge in [-0.15, -0.1) is 0 Å². The standard InChI is InChI=1S/C17H27N3OS/c1-13(2)19(3)16-7-5-6-15(10-16)18-17(21)20-9-8-14(11-20)12-22-4/h5-7,10,13-14H,8-9,11-12H2,1-4H3,(H,18,21). The Hall–Kier alpha value is -1.36. The van der Waals surface area contributed by atoms with E-state index in [1.54, 1.807) is 0 Å². The minimum absolute atomic E-state index is 0.0213. The molecule has 1 heterocycles.